The van der Waals surface area contributed by atoms with Gasteiger partial charge in [-0.25, -0.2) is 4.98 Å². The lowest BCUT2D eigenvalue weighted by Gasteiger charge is -2.26. The summed E-state index contributed by atoms with van der Waals surface area (Å²) in [6.07, 6.45) is 1.75. The van der Waals surface area contributed by atoms with Crippen LogP contribution >= 0.6 is 0 Å². The van der Waals surface area contributed by atoms with Gasteiger partial charge >= 0.3 is 0 Å². The molecule has 0 fully saturated rings. The Balaban J connectivity index is 1.66. The Hall–Kier alpha value is -3.85. The highest BCUT2D eigenvalue weighted by Gasteiger charge is 2.22. The van der Waals surface area contributed by atoms with Crippen LogP contribution in [0.1, 0.15) is 31.9 Å². The predicted octanol–water partition coefficient (Wildman–Crippen LogP) is 3.59. The van der Waals surface area contributed by atoms with Crippen LogP contribution in [0, 0.1) is 5.92 Å². The zero-order chi connectivity index (χ0) is 24.3. The van der Waals surface area contributed by atoms with Crippen LogP contribution in [-0.4, -0.2) is 41.9 Å². The van der Waals surface area contributed by atoms with Crippen LogP contribution in [0.2, 0.25) is 0 Å². The lowest BCUT2D eigenvalue weighted by molar-refractivity contribution is 0.0303. The van der Waals surface area contributed by atoms with Crippen molar-refractivity contribution < 1.29 is 10.2 Å². The average Bonchev–Trinajstić information content (AvgIpc) is 3.20. The highest BCUT2D eigenvalue weighted by molar-refractivity contribution is 5.84. The molecular weight excluding hydrogens is 430 g/mol. The highest BCUT2D eigenvalue weighted by atomic mass is 16.3. The van der Waals surface area contributed by atoms with E-state index in [1.54, 1.807) is 38.4 Å². The molecule has 2 aromatic carbocycles. The van der Waals surface area contributed by atoms with Gasteiger partial charge in [-0.3, -0.25) is 0 Å². The van der Waals surface area contributed by atoms with E-state index in [4.69, 9.17) is 10.7 Å². The minimum atomic E-state index is -0.835. The molecule has 0 bridgehead atoms. The number of nitrogen functional groups attached to an aromatic ring is 1. The highest BCUT2D eigenvalue weighted by Crippen LogP contribution is 2.25. The van der Waals surface area contributed by atoms with Gasteiger partial charge in [-0.15, -0.1) is 0 Å². The molecule has 4 rings (SSSR count). The third-order valence-corrected chi connectivity index (χ3v) is 5.98. The number of fused-ring (bicyclic) bond motifs is 1. The van der Waals surface area contributed by atoms with Crippen molar-refractivity contribution in [2.75, 3.05) is 22.9 Å². The van der Waals surface area contributed by atoms with Crippen LogP contribution in [0.25, 0.3) is 11.2 Å². The van der Waals surface area contributed by atoms with Crippen LogP contribution < -0.4 is 16.4 Å². The van der Waals surface area contributed by atoms with E-state index in [0.29, 0.717) is 53.8 Å². The van der Waals surface area contributed by atoms with Crippen LogP contribution in [0.3, 0.4) is 0 Å². The van der Waals surface area contributed by atoms with E-state index in [2.05, 4.69) is 32.7 Å². The average molecular weight is 462 g/mol. The second-order valence-electron chi connectivity index (χ2n) is 9.10. The van der Waals surface area contributed by atoms with Crippen LogP contribution in [0.5, 0.6) is 5.75 Å². The fourth-order valence-corrected chi connectivity index (χ4v) is 3.46. The summed E-state index contributed by atoms with van der Waals surface area (Å²) in [5.74, 6) is 1.09. The van der Waals surface area contributed by atoms with Gasteiger partial charge in [0.1, 0.15) is 5.75 Å². The molecule has 0 aliphatic rings. The first-order valence-corrected chi connectivity index (χ1v) is 11.2. The Bertz CT molecular complexity index is 1270. The Morgan fingerprint density at radius 3 is 2.59 bits per heavy atom. The quantitative estimate of drug-likeness (QED) is 0.189. The molecule has 2 heterocycles. The molecule has 2 aromatic heterocycles. The molecule has 1 unspecified atom stereocenters. The van der Waals surface area contributed by atoms with Gasteiger partial charge in [0.15, 0.2) is 17.0 Å². The van der Waals surface area contributed by atoms with E-state index in [-0.39, 0.29) is 11.7 Å². The molecule has 0 amide bonds. The first-order valence-electron chi connectivity index (χ1n) is 11.2. The summed E-state index contributed by atoms with van der Waals surface area (Å²) in [6, 6.07) is 15.0. The molecule has 0 aliphatic carbocycles. The lowest BCUT2D eigenvalue weighted by Crippen LogP contribution is -2.33. The number of imidazole rings is 1. The van der Waals surface area contributed by atoms with E-state index in [1.807, 2.05) is 29.7 Å². The number of nitrogens with one attached hydrogen (secondary N) is 2. The lowest BCUT2D eigenvalue weighted by atomic mass is 9.93. The molecule has 0 spiro atoms. The molecule has 6 N–H and O–H groups in total. The number of nitrogens with two attached hydrogens (primary N) is 1. The maximum Gasteiger partial charge on any atom is 0.226 e. The SMILES string of the molecule is CC(CNc1nc(NCc2cc(N)ccc2O)c2ncn(Cc3ccccc3)c2n1)C(C)(C)O. The summed E-state index contributed by atoms with van der Waals surface area (Å²) in [6.45, 7) is 6.95. The van der Waals surface area contributed by atoms with Crippen LogP contribution in [0.15, 0.2) is 54.9 Å². The third kappa shape index (κ3) is 5.37. The maximum absolute atomic E-state index is 10.3. The maximum atomic E-state index is 10.3. The normalized spacial score (nSPS) is 12.6. The molecule has 1 atom stereocenters. The van der Waals surface area contributed by atoms with Gasteiger partial charge in [0.25, 0.3) is 0 Å². The van der Waals surface area contributed by atoms with Crippen LogP contribution in [-0.2, 0) is 13.1 Å². The van der Waals surface area contributed by atoms with Crippen molar-refractivity contribution in [2.24, 2.45) is 5.92 Å². The van der Waals surface area contributed by atoms with E-state index < -0.39 is 5.60 Å². The van der Waals surface area contributed by atoms with E-state index in [9.17, 15) is 10.2 Å². The van der Waals surface area contributed by atoms with Crippen molar-refractivity contribution in [1.29, 1.82) is 0 Å². The third-order valence-electron chi connectivity index (χ3n) is 5.98. The van der Waals surface area contributed by atoms with E-state index >= 15 is 0 Å². The predicted molar refractivity (Wildman–Crippen MR) is 135 cm³/mol. The number of hydrogen-bond donors (Lipinski definition) is 5. The minimum absolute atomic E-state index is 0.0262. The summed E-state index contributed by atoms with van der Waals surface area (Å²) < 4.78 is 1.97. The van der Waals surface area contributed by atoms with E-state index in [1.165, 1.54) is 0 Å². The molecule has 4 aromatic rings. The summed E-state index contributed by atoms with van der Waals surface area (Å²) in [5, 5.41) is 27.0. The number of aromatic nitrogens is 4. The zero-order valence-electron chi connectivity index (χ0n) is 19.7. The standard InChI is InChI=1S/C25H31N7O2/c1-16(25(2,3)34)12-28-24-30-22(27-13-18-11-19(26)9-10-20(18)33)21-23(31-24)32(15-29-21)14-17-7-5-4-6-8-17/h4-11,15-16,33-34H,12-14,26H2,1-3H3,(H2,27,28,30,31). The molecule has 34 heavy (non-hydrogen) atoms. The number of phenols is 1. The summed E-state index contributed by atoms with van der Waals surface area (Å²) in [4.78, 5) is 13.9. The number of nitrogens with zero attached hydrogens (tertiary/aromatic N) is 4. The van der Waals surface area contributed by atoms with Crippen LogP contribution in [0.4, 0.5) is 17.5 Å². The second kappa shape index (κ2) is 9.56. The number of phenolic OH excluding ortho intramolecular Hbond substituents is 1. The molecule has 0 saturated heterocycles. The fraction of sp³-hybridized carbons (Fsp3) is 0.320. The topological polar surface area (TPSA) is 134 Å². The molecule has 0 aliphatic heterocycles. The summed E-state index contributed by atoms with van der Waals surface area (Å²) in [7, 11) is 0. The van der Waals surface area contributed by atoms with Crippen molar-refractivity contribution in [3.05, 3.63) is 66.0 Å². The first kappa shape index (κ1) is 23.3. The summed E-state index contributed by atoms with van der Waals surface area (Å²) >= 11 is 0. The number of anilines is 3. The molecule has 0 radical (unpaired) electrons. The monoisotopic (exact) mass is 461 g/mol. The number of aromatic hydroxyl groups is 1. The van der Waals surface area contributed by atoms with Crippen molar-refractivity contribution in [3.8, 4) is 5.75 Å². The Kier molecular flexibility index (Phi) is 6.56. The molecule has 9 heteroatoms. The number of benzene rings is 2. The van der Waals surface area contributed by atoms with Gasteiger partial charge in [0, 0.05) is 30.3 Å². The molecular formula is C25H31N7O2. The van der Waals surface area contributed by atoms with Gasteiger partial charge < -0.3 is 31.1 Å². The largest absolute Gasteiger partial charge is 0.508 e. The second-order valence-corrected chi connectivity index (χ2v) is 9.10. The van der Waals surface area contributed by atoms with Gasteiger partial charge in [-0.05, 0) is 37.6 Å². The molecule has 0 saturated carbocycles. The Morgan fingerprint density at radius 2 is 1.85 bits per heavy atom. The van der Waals surface area contributed by atoms with Crippen molar-refractivity contribution in [2.45, 2.75) is 39.5 Å². The number of hydrogen-bond acceptors (Lipinski definition) is 8. The molecule has 9 nitrogen and oxygen atoms in total. The summed E-state index contributed by atoms with van der Waals surface area (Å²) in [5.41, 5.74) is 8.70. The number of rotatable bonds is 9. The smallest absolute Gasteiger partial charge is 0.226 e. The van der Waals surface area contributed by atoms with Gasteiger partial charge in [-0.1, -0.05) is 37.3 Å². The van der Waals surface area contributed by atoms with Gasteiger partial charge in [0.2, 0.25) is 5.95 Å². The Labute approximate surface area is 198 Å². The van der Waals surface area contributed by atoms with E-state index in [0.717, 1.165) is 5.56 Å². The number of aliphatic hydroxyl groups is 1. The van der Waals surface area contributed by atoms with Gasteiger partial charge in [-0.2, -0.15) is 9.97 Å². The van der Waals surface area contributed by atoms with Crippen molar-refractivity contribution in [1.82, 2.24) is 19.5 Å². The zero-order valence-corrected chi connectivity index (χ0v) is 19.7. The Morgan fingerprint density at radius 1 is 1.09 bits per heavy atom. The van der Waals surface area contributed by atoms with Gasteiger partial charge in [0.05, 0.1) is 18.5 Å². The first-order chi connectivity index (χ1) is 16.2. The van der Waals surface area contributed by atoms with Crippen molar-refractivity contribution >= 4 is 28.6 Å². The minimum Gasteiger partial charge on any atom is -0.508 e. The van der Waals surface area contributed by atoms with Crippen molar-refractivity contribution in [3.63, 3.8) is 0 Å². The fourth-order valence-electron chi connectivity index (χ4n) is 3.46. The molecule has 178 valence electrons.